The Hall–Kier alpha value is -2.62. The molecule has 0 radical (unpaired) electrons. The summed E-state index contributed by atoms with van der Waals surface area (Å²) in [5.74, 6) is -0.575. The van der Waals surface area contributed by atoms with Crippen molar-refractivity contribution in [2.24, 2.45) is 0 Å². The van der Waals surface area contributed by atoms with Gasteiger partial charge in [0, 0.05) is 25.3 Å². The molecule has 0 aliphatic rings. The van der Waals surface area contributed by atoms with E-state index >= 15 is 0 Å². The summed E-state index contributed by atoms with van der Waals surface area (Å²) >= 11 is 0. The van der Waals surface area contributed by atoms with Crippen molar-refractivity contribution < 1.29 is 14.7 Å². The summed E-state index contributed by atoms with van der Waals surface area (Å²) in [5.41, 5.74) is 2.48. The Morgan fingerprint density at radius 1 is 0.840 bits per heavy atom. The van der Waals surface area contributed by atoms with Gasteiger partial charge < -0.3 is 10.4 Å². The number of hydrogen-bond acceptors (Lipinski definition) is 2. The summed E-state index contributed by atoms with van der Waals surface area (Å²) in [6, 6.07) is 20.6. The fraction of sp³-hybridized carbons (Fsp3) is 0.333. The van der Waals surface area contributed by atoms with Gasteiger partial charge in [-0.2, -0.15) is 0 Å². The number of carbonyl (C=O) groups is 2. The average Bonchev–Trinajstić information content (AvgIpc) is 2.64. The molecule has 2 aromatic rings. The van der Waals surface area contributed by atoms with Crippen LogP contribution in [0.25, 0.3) is 0 Å². The molecule has 2 rings (SSSR count). The Labute approximate surface area is 148 Å². The van der Waals surface area contributed by atoms with Gasteiger partial charge in [-0.1, -0.05) is 60.7 Å². The lowest BCUT2D eigenvalue weighted by atomic mass is 9.88. The maximum Gasteiger partial charge on any atom is 0.303 e. The molecule has 0 saturated heterocycles. The third kappa shape index (κ3) is 6.79. The highest BCUT2D eigenvalue weighted by Gasteiger charge is 2.14. The number of carboxylic acids is 1. The summed E-state index contributed by atoms with van der Waals surface area (Å²) in [4.78, 5) is 22.3. The predicted molar refractivity (Wildman–Crippen MR) is 98.5 cm³/mol. The standard InChI is InChI=1S/C21H25NO3/c23-20(13-7-8-14-21(24)25)22-16-15-19(17-9-3-1-4-10-17)18-11-5-2-6-12-18/h1-6,9-12,19H,7-8,13-16H2,(H,22,23)(H,24,25). The monoisotopic (exact) mass is 339 g/mol. The lowest BCUT2D eigenvalue weighted by Crippen LogP contribution is -2.25. The maximum absolute atomic E-state index is 11.9. The fourth-order valence-corrected chi connectivity index (χ4v) is 2.90. The van der Waals surface area contributed by atoms with Gasteiger partial charge in [0.15, 0.2) is 0 Å². The molecule has 0 atom stereocenters. The largest absolute Gasteiger partial charge is 0.481 e. The molecule has 0 heterocycles. The molecule has 0 bridgehead atoms. The first kappa shape index (κ1) is 18.7. The van der Waals surface area contributed by atoms with Crippen LogP contribution in [0.1, 0.15) is 49.1 Å². The number of unbranched alkanes of at least 4 members (excludes halogenated alkanes) is 1. The Bertz CT molecular complexity index is 616. The number of amides is 1. The van der Waals surface area contributed by atoms with Gasteiger partial charge in [-0.15, -0.1) is 0 Å². The third-order valence-electron chi connectivity index (χ3n) is 4.20. The number of rotatable bonds is 10. The Morgan fingerprint density at radius 2 is 1.36 bits per heavy atom. The smallest absolute Gasteiger partial charge is 0.303 e. The molecule has 0 spiro atoms. The molecule has 4 heteroatoms. The number of carboxylic acid groups (broad SMARTS) is 1. The van der Waals surface area contributed by atoms with E-state index in [0.717, 1.165) is 6.42 Å². The Kier molecular flexibility index (Phi) is 7.70. The SMILES string of the molecule is O=C(O)CCCCC(=O)NCCC(c1ccccc1)c1ccccc1. The van der Waals surface area contributed by atoms with Crippen LogP contribution in [0.15, 0.2) is 60.7 Å². The van der Waals surface area contributed by atoms with Crippen molar-refractivity contribution in [2.75, 3.05) is 6.54 Å². The minimum atomic E-state index is -0.811. The summed E-state index contributed by atoms with van der Waals surface area (Å²) in [6.45, 7) is 0.603. The van der Waals surface area contributed by atoms with Gasteiger partial charge in [0.1, 0.15) is 0 Å². The number of benzene rings is 2. The number of carbonyl (C=O) groups excluding carboxylic acids is 1. The van der Waals surface area contributed by atoms with Crippen LogP contribution < -0.4 is 5.32 Å². The van der Waals surface area contributed by atoms with Gasteiger partial charge in [-0.3, -0.25) is 9.59 Å². The second-order valence-corrected chi connectivity index (χ2v) is 6.11. The molecular weight excluding hydrogens is 314 g/mol. The second kappa shape index (κ2) is 10.3. The number of aliphatic carboxylic acids is 1. The van der Waals surface area contributed by atoms with Gasteiger partial charge >= 0.3 is 5.97 Å². The van der Waals surface area contributed by atoms with Gasteiger partial charge in [-0.05, 0) is 30.4 Å². The van der Waals surface area contributed by atoms with Crippen LogP contribution in [0.3, 0.4) is 0 Å². The Balaban J connectivity index is 1.84. The lowest BCUT2D eigenvalue weighted by Gasteiger charge is -2.18. The van der Waals surface area contributed by atoms with Crippen LogP contribution in [0.5, 0.6) is 0 Å². The van der Waals surface area contributed by atoms with Crippen molar-refractivity contribution in [3.8, 4) is 0 Å². The van der Waals surface area contributed by atoms with Crippen molar-refractivity contribution in [2.45, 2.75) is 38.0 Å². The molecule has 1 amide bonds. The van der Waals surface area contributed by atoms with Crippen molar-refractivity contribution in [3.05, 3.63) is 71.8 Å². The molecule has 0 unspecified atom stereocenters. The molecule has 132 valence electrons. The third-order valence-corrected chi connectivity index (χ3v) is 4.20. The molecule has 0 aliphatic carbocycles. The minimum absolute atomic E-state index is 0.00902. The summed E-state index contributed by atoms with van der Waals surface area (Å²) in [5, 5.41) is 11.6. The van der Waals surface area contributed by atoms with Gasteiger partial charge in [0.25, 0.3) is 0 Å². The minimum Gasteiger partial charge on any atom is -0.481 e. The van der Waals surface area contributed by atoms with Crippen LogP contribution in [0.4, 0.5) is 0 Å². The van der Waals surface area contributed by atoms with Crippen LogP contribution in [-0.2, 0) is 9.59 Å². The highest BCUT2D eigenvalue weighted by molar-refractivity contribution is 5.75. The summed E-state index contributed by atoms with van der Waals surface area (Å²) in [6.07, 6.45) is 2.49. The molecule has 4 nitrogen and oxygen atoms in total. The average molecular weight is 339 g/mol. The zero-order valence-corrected chi connectivity index (χ0v) is 14.4. The van der Waals surface area contributed by atoms with E-state index in [2.05, 4.69) is 29.6 Å². The molecule has 0 fully saturated rings. The molecule has 2 N–H and O–H groups in total. The van der Waals surface area contributed by atoms with E-state index in [1.165, 1.54) is 11.1 Å². The molecule has 0 aromatic heterocycles. The van der Waals surface area contributed by atoms with Crippen molar-refractivity contribution in [1.82, 2.24) is 5.32 Å². The normalized spacial score (nSPS) is 10.6. The predicted octanol–water partition coefficient (Wildman–Crippen LogP) is 3.97. The van der Waals surface area contributed by atoms with E-state index in [0.29, 0.717) is 25.8 Å². The molecular formula is C21H25NO3. The molecule has 25 heavy (non-hydrogen) atoms. The first-order valence-electron chi connectivity index (χ1n) is 8.75. The molecule has 0 aliphatic heterocycles. The topological polar surface area (TPSA) is 66.4 Å². The quantitative estimate of drug-likeness (QED) is 0.644. The van der Waals surface area contributed by atoms with E-state index in [-0.39, 0.29) is 18.2 Å². The van der Waals surface area contributed by atoms with Gasteiger partial charge in [0.05, 0.1) is 0 Å². The summed E-state index contributed by atoms with van der Waals surface area (Å²) < 4.78 is 0. The highest BCUT2D eigenvalue weighted by atomic mass is 16.4. The van der Waals surface area contributed by atoms with E-state index in [1.807, 2.05) is 36.4 Å². The van der Waals surface area contributed by atoms with Crippen molar-refractivity contribution >= 4 is 11.9 Å². The second-order valence-electron chi connectivity index (χ2n) is 6.11. The first-order valence-corrected chi connectivity index (χ1v) is 8.75. The number of hydrogen-bond donors (Lipinski definition) is 2. The molecule has 0 saturated carbocycles. The van der Waals surface area contributed by atoms with Crippen LogP contribution in [0.2, 0.25) is 0 Å². The van der Waals surface area contributed by atoms with E-state index in [9.17, 15) is 9.59 Å². The Morgan fingerprint density at radius 3 is 1.88 bits per heavy atom. The van der Waals surface area contributed by atoms with E-state index in [1.54, 1.807) is 0 Å². The highest BCUT2D eigenvalue weighted by Crippen LogP contribution is 2.27. The van der Waals surface area contributed by atoms with Gasteiger partial charge in [0.2, 0.25) is 5.91 Å². The summed E-state index contributed by atoms with van der Waals surface area (Å²) in [7, 11) is 0. The van der Waals surface area contributed by atoms with E-state index < -0.39 is 5.97 Å². The van der Waals surface area contributed by atoms with Gasteiger partial charge in [-0.25, -0.2) is 0 Å². The zero-order chi connectivity index (χ0) is 17.9. The fourth-order valence-electron chi connectivity index (χ4n) is 2.90. The number of nitrogens with one attached hydrogen (secondary N) is 1. The van der Waals surface area contributed by atoms with Crippen molar-refractivity contribution in [3.63, 3.8) is 0 Å². The molecule has 2 aromatic carbocycles. The van der Waals surface area contributed by atoms with Crippen LogP contribution >= 0.6 is 0 Å². The van der Waals surface area contributed by atoms with Crippen LogP contribution in [-0.4, -0.2) is 23.5 Å². The maximum atomic E-state index is 11.9. The lowest BCUT2D eigenvalue weighted by molar-refractivity contribution is -0.137. The first-order chi connectivity index (χ1) is 12.2. The zero-order valence-electron chi connectivity index (χ0n) is 14.4. The van der Waals surface area contributed by atoms with Crippen molar-refractivity contribution in [1.29, 1.82) is 0 Å². The van der Waals surface area contributed by atoms with E-state index in [4.69, 9.17) is 5.11 Å². The van der Waals surface area contributed by atoms with Crippen LogP contribution in [0, 0.1) is 0 Å².